The van der Waals surface area contributed by atoms with Crippen molar-refractivity contribution in [2.45, 2.75) is 89.1 Å². The first kappa shape index (κ1) is 55.1. The molecule has 0 aliphatic carbocycles. The molecule has 3 aromatic carbocycles. The molecule has 0 saturated carbocycles. The number of esters is 1. The van der Waals surface area contributed by atoms with Crippen molar-refractivity contribution < 1.29 is 63.0 Å². The molecule has 0 bridgehead atoms. The molecule has 3 aromatic rings. The van der Waals surface area contributed by atoms with Gasteiger partial charge in [0.25, 0.3) is 17.6 Å². The fraction of sp³-hybridized carbons (Fsp3) is 0.500. The zero-order valence-corrected chi connectivity index (χ0v) is 40.8. The van der Waals surface area contributed by atoms with Gasteiger partial charge in [0.15, 0.2) is 10.9 Å². The van der Waals surface area contributed by atoms with Gasteiger partial charge in [-0.3, -0.25) is 24.0 Å². The van der Waals surface area contributed by atoms with Crippen LogP contribution in [-0.2, 0) is 28.6 Å². The molecular weight excluding hydrogens is 923 g/mol. The molecule has 366 valence electrons. The van der Waals surface area contributed by atoms with Crippen molar-refractivity contribution in [3.8, 4) is 16.9 Å². The van der Waals surface area contributed by atoms with Crippen molar-refractivity contribution >= 4 is 69.9 Å². The van der Waals surface area contributed by atoms with E-state index in [2.05, 4.69) is 16.0 Å². The van der Waals surface area contributed by atoms with Crippen LogP contribution in [0.4, 0.5) is 0 Å². The number of carbonyl (C=O) groups excluding carboxylic acids is 6. The molecule has 1 saturated heterocycles. The normalized spacial score (nSPS) is 18.8. The van der Waals surface area contributed by atoms with Gasteiger partial charge >= 0.3 is 5.97 Å². The highest BCUT2D eigenvalue weighted by Gasteiger charge is 2.56. The number of ether oxygens (including phenoxy) is 4. The van der Waals surface area contributed by atoms with Crippen molar-refractivity contribution in [2.75, 3.05) is 62.2 Å². The van der Waals surface area contributed by atoms with E-state index in [1.807, 2.05) is 37.3 Å². The Bertz CT molecular complexity index is 2080. The van der Waals surface area contributed by atoms with E-state index in [9.17, 15) is 44.1 Å². The monoisotopic (exact) mass is 985 g/mol. The predicted molar refractivity (Wildman–Crippen MR) is 261 cm³/mol. The molecule has 0 unspecified atom stereocenters. The largest absolute Gasteiger partial charge is 0.493 e. The molecule has 0 spiro atoms. The lowest BCUT2D eigenvalue weighted by Gasteiger charge is -2.47. The molecule has 67 heavy (non-hydrogen) atoms. The van der Waals surface area contributed by atoms with Gasteiger partial charge in [-0.15, -0.1) is 0 Å². The third-order valence-electron chi connectivity index (χ3n) is 10.5. The molecule has 1 heterocycles. The number of hydrogen-bond donors (Lipinski definition) is 6. The fourth-order valence-electron chi connectivity index (χ4n) is 7.10. The van der Waals surface area contributed by atoms with Gasteiger partial charge < -0.3 is 50.2 Å². The number of aliphatic hydroxyl groups excluding tert-OH is 3. The van der Waals surface area contributed by atoms with Crippen LogP contribution in [0.15, 0.2) is 72.8 Å². The summed E-state index contributed by atoms with van der Waals surface area (Å²) in [6, 6.07) is 20.0. The summed E-state index contributed by atoms with van der Waals surface area (Å²) in [6.07, 6.45) is -5.34. The number of thioether (sulfide) groups is 3. The number of hydrogen-bond acceptors (Lipinski definition) is 16. The van der Waals surface area contributed by atoms with E-state index in [0.29, 0.717) is 65.5 Å². The molecule has 1 fully saturated rings. The standard InChI is InChI=1S/C48H63N3O13S3/c1-5-65-27-21-49-46(59)36-19-20-37(41(28-36)62-22-10-26-67-32(3)53)38(54)14-9-24-66-25-11-23-63-48(47(60)61-4)29-39(55)42(51-31(2)52)44(64-48)43(57)40(56)30-50-45(58)35-17-15-34(16-18-35)33-12-7-6-8-13-33/h6-8,12-13,15-20,28,39-40,42-44,55-57H,5,9-11,14,21-27,29-30H2,1-4H3,(H,49,59)(H,50,58)(H,51,52)/t39-,40+,42+,43+,44+,48+/m0/s1. The molecule has 6 N–H and O–H groups in total. The summed E-state index contributed by atoms with van der Waals surface area (Å²) in [5, 5.41) is 41.7. The van der Waals surface area contributed by atoms with Gasteiger partial charge in [-0.25, -0.2) is 4.79 Å². The Labute approximate surface area is 404 Å². The third kappa shape index (κ3) is 17.5. The van der Waals surface area contributed by atoms with Crippen molar-refractivity contribution in [1.29, 1.82) is 0 Å². The first-order chi connectivity index (χ1) is 32.2. The molecular formula is C48H63N3O13S3. The fourth-order valence-corrected chi connectivity index (χ4v) is 9.06. The molecule has 0 aromatic heterocycles. The topological polar surface area (TPSA) is 236 Å². The lowest BCUT2D eigenvalue weighted by molar-refractivity contribution is -0.311. The minimum absolute atomic E-state index is 0.00680. The SMILES string of the molecule is CCSCCNC(=O)c1ccc(C(=O)CCCSCCCO[C@]2(C(=O)OC)C[C@H](O)[C@@H](NC(C)=O)[C@H]([C@H](O)[C@H](O)CNC(=O)c3ccc(-c4ccccc4)cc3)O2)c(OCCCSC(C)=O)c1. The van der Waals surface area contributed by atoms with Crippen LogP contribution in [0.2, 0.25) is 0 Å². The Balaban J connectivity index is 1.30. The van der Waals surface area contributed by atoms with E-state index in [1.54, 1.807) is 66.0 Å². The van der Waals surface area contributed by atoms with Crippen molar-refractivity contribution in [2.24, 2.45) is 0 Å². The van der Waals surface area contributed by atoms with Gasteiger partial charge in [-0.2, -0.15) is 23.5 Å². The van der Waals surface area contributed by atoms with E-state index >= 15 is 0 Å². The Morgan fingerprint density at radius 3 is 2.18 bits per heavy atom. The maximum Gasteiger partial charge on any atom is 0.366 e. The summed E-state index contributed by atoms with van der Waals surface area (Å²) >= 11 is 4.46. The van der Waals surface area contributed by atoms with Crippen LogP contribution in [0.1, 0.15) is 83.9 Å². The smallest absolute Gasteiger partial charge is 0.366 e. The quantitative estimate of drug-likeness (QED) is 0.0330. The zero-order valence-electron chi connectivity index (χ0n) is 38.4. The van der Waals surface area contributed by atoms with E-state index in [-0.39, 0.29) is 36.4 Å². The van der Waals surface area contributed by atoms with E-state index in [1.165, 1.54) is 25.6 Å². The molecule has 1 aliphatic heterocycles. The number of aliphatic hydroxyl groups is 3. The number of benzene rings is 3. The van der Waals surface area contributed by atoms with Crippen LogP contribution in [0.25, 0.3) is 11.1 Å². The summed E-state index contributed by atoms with van der Waals surface area (Å²) in [7, 11) is 1.10. The second-order valence-electron chi connectivity index (χ2n) is 15.6. The van der Waals surface area contributed by atoms with Crippen LogP contribution in [0.3, 0.4) is 0 Å². The summed E-state index contributed by atoms with van der Waals surface area (Å²) in [4.78, 5) is 76.0. The maximum atomic E-state index is 13.4. The second-order valence-corrected chi connectivity index (χ2v) is 19.5. The summed E-state index contributed by atoms with van der Waals surface area (Å²) in [6.45, 7) is 5.02. The third-order valence-corrected chi connectivity index (χ3v) is 13.4. The zero-order chi connectivity index (χ0) is 48.8. The number of ketones is 1. The van der Waals surface area contributed by atoms with Crippen LogP contribution >= 0.6 is 35.3 Å². The second kappa shape index (κ2) is 28.8. The number of carbonyl (C=O) groups is 6. The Morgan fingerprint density at radius 1 is 0.821 bits per heavy atom. The molecule has 4 rings (SSSR count). The van der Waals surface area contributed by atoms with Crippen LogP contribution < -0.4 is 20.7 Å². The number of Topliss-reactive ketones (excluding diaryl/α,β-unsaturated/α-hetero) is 1. The van der Waals surface area contributed by atoms with Crippen molar-refractivity contribution in [3.05, 3.63) is 89.5 Å². The van der Waals surface area contributed by atoms with E-state index in [4.69, 9.17) is 18.9 Å². The number of methoxy groups -OCH3 is 1. The molecule has 3 amide bonds. The van der Waals surface area contributed by atoms with Gasteiger partial charge in [0.2, 0.25) is 5.91 Å². The highest BCUT2D eigenvalue weighted by atomic mass is 32.2. The highest BCUT2D eigenvalue weighted by Crippen LogP contribution is 2.35. The van der Waals surface area contributed by atoms with Crippen LogP contribution in [0.5, 0.6) is 5.75 Å². The average molecular weight is 986 g/mol. The van der Waals surface area contributed by atoms with Crippen molar-refractivity contribution in [1.82, 2.24) is 16.0 Å². The van der Waals surface area contributed by atoms with Gasteiger partial charge in [0, 0.05) is 62.4 Å². The Kier molecular flexibility index (Phi) is 23.7. The van der Waals surface area contributed by atoms with Gasteiger partial charge in [0.1, 0.15) is 18.0 Å². The van der Waals surface area contributed by atoms with Gasteiger partial charge in [0.05, 0.1) is 44.1 Å². The summed E-state index contributed by atoms with van der Waals surface area (Å²) < 4.78 is 23.0. The Hall–Kier alpha value is -4.47. The highest BCUT2D eigenvalue weighted by molar-refractivity contribution is 8.13. The Morgan fingerprint density at radius 2 is 1.49 bits per heavy atom. The van der Waals surface area contributed by atoms with E-state index < -0.39 is 67.0 Å². The maximum absolute atomic E-state index is 13.4. The molecule has 16 nitrogen and oxygen atoms in total. The lowest BCUT2D eigenvalue weighted by Crippen LogP contribution is -2.68. The lowest BCUT2D eigenvalue weighted by atomic mass is 9.88. The number of amides is 3. The predicted octanol–water partition coefficient (Wildman–Crippen LogP) is 4.66. The molecule has 6 atom stereocenters. The van der Waals surface area contributed by atoms with Crippen LogP contribution in [0, 0.1) is 0 Å². The van der Waals surface area contributed by atoms with Crippen LogP contribution in [-0.4, -0.2) is 148 Å². The number of nitrogens with one attached hydrogen (secondary N) is 3. The summed E-state index contributed by atoms with van der Waals surface area (Å²) in [5.74, 6) is -0.958. The average Bonchev–Trinajstić information content (AvgIpc) is 3.32. The molecule has 0 radical (unpaired) electrons. The minimum Gasteiger partial charge on any atom is -0.493 e. The first-order valence-electron chi connectivity index (χ1n) is 22.2. The molecule has 1 aliphatic rings. The number of rotatable bonds is 28. The van der Waals surface area contributed by atoms with Crippen molar-refractivity contribution in [3.63, 3.8) is 0 Å². The minimum atomic E-state index is -2.22. The van der Waals surface area contributed by atoms with Gasteiger partial charge in [-0.05, 0) is 78.0 Å². The van der Waals surface area contributed by atoms with E-state index in [0.717, 1.165) is 29.7 Å². The summed E-state index contributed by atoms with van der Waals surface area (Å²) in [5.41, 5.74) is 2.93. The first-order valence-corrected chi connectivity index (χ1v) is 25.5. The van der Waals surface area contributed by atoms with Gasteiger partial charge in [-0.1, -0.05) is 61.2 Å². The molecule has 19 heteroatoms.